The zero-order chi connectivity index (χ0) is 21.1. The Hall–Kier alpha value is -2.41. The Kier molecular flexibility index (Phi) is 9.64. The predicted octanol–water partition coefficient (Wildman–Crippen LogP) is 4.90. The van der Waals surface area contributed by atoms with Crippen LogP contribution in [0.2, 0.25) is 0 Å². The van der Waals surface area contributed by atoms with Crippen LogP contribution < -0.4 is 10.1 Å². The van der Waals surface area contributed by atoms with Crippen molar-refractivity contribution in [1.82, 2.24) is 9.88 Å². The minimum absolute atomic E-state index is 0.00985. The van der Waals surface area contributed by atoms with Gasteiger partial charge in [0, 0.05) is 23.2 Å². The first-order valence-corrected chi connectivity index (χ1v) is 11.1. The quantitative estimate of drug-likeness (QED) is 0.499. The summed E-state index contributed by atoms with van der Waals surface area (Å²) in [6, 6.07) is 7.15. The van der Waals surface area contributed by atoms with E-state index in [-0.39, 0.29) is 18.4 Å². The molecule has 2 aromatic rings. The van der Waals surface area contributed by atoms with Gasteiger partial charge >= 0.3 is 0 Å². The van der Waals surface area contributed by atoms with Crippen molar-refractivity contribution in [3.63, 3.8) is 0 Å². The molecule has 2 rings (SSSR count). The minimum Gasteiger partial charge on any atom is -0.494 e. The maximum Gasteiger partial charge on any atom is 0.254 e. The van der Waals surface area contributed by atoms with Gasteiger partial charge in [0.1, 0.15) is 12.3 Å². The Labute approximate surface area is 177 Å². The molecule has 0 aliphatic rings. The molecule has 1 aromatic heterocycles. The first kappa shape index (κ1) is 22.9. The van der Waals surface area contributed by atoms with Crippen molar-refractivity contribution >= 4 is 28.3 Å². The zero-order valence-electron chi connectivity index (χ0n) is 17.6. The SMILES string of the molecule is CCCCCN(CC(=O)Nc1ncc(C)s1)C(=O)c1ccc(OCCCC)cc1. The van der Waals surface area contributed by atoms with Gasteiger partial charge in [-0.15, -0.1) is 11.3 Å². The largest absolute Gasteiger partial charge is 0.494 e. The highest BCUT2D eigenvalue weighted by Gasteiger charge is 2.19. The van der Waals surface area contributed by atoms with Gasteiger partial charge in [0.05, 0.1) is 6.61 Å². The lowest BCUT2D eigenvalue weighted by Crippen LogP contribution is -2.38. The molecule has 2 amide bonds. The molecule has 6 nitrogen and oxygen atoms in total. The number of nitrogens with one attached hydrogen (secondary N) is 1. The van der Waals surface area contributed by atoms with Crippen LogP contribution in [0.1, 0.15) is 61.2 Å². The highest BCUT2D eigenvalue weighted by Crippen LogP contribution is 2.17. The normalized spacial score (nSPS) is 10.6. The van der Waals surface area contributed by atoms with E-state index in [2.05, 4.69) is 24.1 Å². The van der Waals surface area contributed by atoms with Crippen molar-refractivity contribution in [2.24, 2.45) is 0 Å². The number of unbranched alkanes of at least 4 members (excludes halogenated alkanes) is 3. The number of carbonyl (C=O) groups excluding carboxylic acids is 2. The van der Waals surface area contributed by atoms with E-state index in [1.54, 1.807) is 23.2 Å². The summed E-state index contributed by atoms with van der Waals surface area (Å²) in [6.45, 7) is 7.39. The standard InChI is InChI=1S/C22H31N3O3S/c1-4-6-8-13-25(16-20(26)24-22-23-15-17(3)29-22)21(27)18-9-11-19(12-10-18)28-14-7-5-2/h9-12,15H,4-8,13-14,16H2,1-3H3,(H,23,24,26). The fraction of sp³-hybridized carbons (Fsp3) is 0.500. The molecule has 0 aliphatic carbocycles. The number of ether oxygens (including phenoxy) is 1. The van der Waals surface area contributed by atoms with Crippen LogP contribution >= 0.6 is 11.3 Å². The zero-order valence-corrected chi connectivity index (χ0v) is 18.4. The molecule has 1 aromatic carbocycles. The molecule has 1 heterocycles. The Morgan fingerprint density at radius 2 is 1.83 bits per heavy atom. The third-order valence-electron chi connectivity index (χ3n) is 4.39. The highest BCUT2D eigenvalue weighted by molar-refractivity contribution is 7.15. The number of rotatable bonds is 12. The number of hydrogen-bond donors (Lipinski definition) is 1. The molecule has 1 N–H and O–H groups in total. The first-order valence-electron chi connectivity index (χ1n) is 10.3. The molecule has 0 fully saturated rings. The second-order valence-corrected chi connectivity index (χ2v) is 8.22. The van der Waals surface area contributed by atoms with E-state index in [0.29, 0.717) is 23.8 Å². The van der Waals surface area contributed by atoms with Crippen molar-refractivity contribution in [1.29, 1.82) is 0 Å². The van der Waals surface area contributed by atoms with Gasteiger partial charge in [-0.2, -0.15) is 0 Å². The fourth-order valence-corrected chi connectivity index (χ4v) is 3.44. The molecule has 0 unspecified atom stereocenters. The molecule has 0 aliphatic heterocycles. The van der Waals surface area contributed by atoms with Gasteiger partial charge in [0.15, 0.2) is 5.13 Å². The molecule has 0 spiro atoms. The third kappa shape index (κ3) is 7.85. The van der Waals surface area contributed by atoms with Crippen LogP contribution in [0.4, 0.5) is 5.13 Å². The number of thiazole rings is 1. The highest BCUT2D eigenvalue weighted by atomic mass is 32.1. The fourth-order valence-electron chi connectivity index (χ4n) is 2.76. The van der Waals surface area contributed by atoms with E-state index >= 15 is 0 Å². The summed E-state index contributed by atoms with van der Waals surface area (Å²) >= 11 is 1.42. The lowest BCUT2D eigenvalue weighted by Gasteiger charge is -2.22. The van der Waals surface area contributed by atoms with E-state index in [0.717, 1.165) is 42.7 Å². The summed E-state index contributed by atoms with van der Waals surface area (Å²) in [7, 11) is 0. The molecular formula is C22H31N3O3S. The number of anilines is 1. The predicted molar refractivity (Wildman–Crippen MR) is 118 cm³/mol. The molecule has 7 heteroatoms. The van der Waals surface area contributed by atoms with E-state index in [1.807, 2.05) is 19.1 Å². The summed E-state index contributed by atoms with van der Waals surface area (Å²) in [4.78, 5) is 32.2. The lowest BCUT2D eigenvalue weighted by molar-refractivity contribution is -0.116. The summed E-state index contributed by atoms with van der Waals surface area (Å²) in [5.41, 5.74) is 0.558. The van der Waals surface area contributed by atoms with E-state index in [1.165, 1.54) is 11.3 Å². The van der Waals surface area contributed by atoms with Gasteiger partial charge in [-0.25, -0.2) is 4.98 Å². The van der Waals surface area contributed by atoms with Crippen LogP contribution in [-0.4, -0.2) is 41.4 Å². The molecule has 158 valence electrons. The van der Waals surface area contributed by atoms with Crippen LogP contribution in [0.15, 0.2) is 30.5 Å². The summed E-state index contributed by atoms with van der Waals surface area (Å²) in [5.74, 6) is 0.375. The first-order chi connectivity index (χ1) is 14.0. The summed E-state index contributed by atoms with van der Waals surface area (Å²) < 4.78 is 5.66. The van der Waals surface area contributed by atoms with Gasteiger partial charge < -0.3 is 15.0 Å². The van der Waals surface area contributed by atoms with Crippen molar-refractivity contribution in [3.8, 4) is 5.75 Å². The summed E-state index contributed by atoms with van der Waals surface area (Å²) in [6.07, 6.45) is 6.72. The monoisotopic (exact) mass is 417 g/mol. The van der Waals surface area contributed by atoms with Crippen LogP contribution in [0.3, 0.4) is 0 Å². The number of benzene rings is 1. The number of carbonyl (C=O) groups is 2. The van der Waals surface area contributed by atoms with Crippen molar-refractivity contribution in [2.75, 3.05) is 25.0 Å². The molecule has 0 bridgehead atoms. The maximum absolute atomic E-state index is 13.0. The Morgan fingerprint density at radius 1 is 1.10 bits per heavy atom. The van der Waals surface area contributed by atoms with E-state index < -0.39 is 0 Å². The van der Waals surface area contributed by atoms with Gasteiger partial charge in [-0.1, -0.05) is 33.1 Å². The molecule has 0 atom stereocenters. The molecule has 0 saturated heterocycles. The van der Waals surface area contributed by atoms with Crippen molar-refractivity contribution in [3.05, 3.63) is 40.9 Å². The molecule has 29 heavy (non-hydrogen) atoms. The van der Waals surface area contributed by atoms with Crippen LogP contribution in [-0.2, 0) is 4.79 Å². The van der Waals surface area contributed by atoms with Gasteiger partial charge in [-0.3, -0.25) is 9.59 Å². The Bertz CT molecular complexity index is 774. The molecular weight excluding hydrogens is 386 g/mol. The van der Waals surface area contributed by atoms with Crippen molar-refractivity contribution in [2.45, 2.75) is 52.9 Å². The Morgan fingerprint density at radius 3 is 2.45 bits per heavy atom. The third-order valence-corrected chi connectivity index (χ3v) is 5.22. The van der Waals surface area contributed by atoms with Crippen LogP contribution in [0, 0.1) is 6.92 Å². The average Bonchev–Trinajstić information content (AvgIpc) is 3.12. The van der Waals surface area contributed by atoms with Gasteiger partial charge in [0.2, 0.25) is 5.91 Å². The average molecular weight is 418 g/mol. The number of hydrogen-bond acceptors (Lipinski definition) is 5. The summed E-state index contributed by atoms with van der Waals surface area (Å²) in [5, 5.41) is 3.34. The number of amides is 2. The second kappa shape index (κ2) is 12.2. The van der Waals surface area contributed by atoms with Gasteiger partial charge in [0.25, 0.3) is 5.91 Å². The van der Waals surface area contributed by atoms with E-state index in [4.69, 9.17) is 4.74 Å². The molecule has 0 radical (unpaired) electrons. The van der Waals surface area contributed by atoms with Crippen LogP contribution in [0.25, 0.3) is 0 Å². The lowest BCUT2D eigenvalue weighted by atomic mass is 10.1. The number of aromatic nitrogens is 1. The maximum atomic E-state index is 13.0. The topological polar surface area (TPSA) is 71.5 Å². The second-order valence-electron chi connectivity index (χ2n) is 6.98. The van der Waals surface area contributed by atoms with E-state index in [9.17, 15) is 9.59 Å². The van der Waals surface area contributed by atoms with Crippen molar-refractivity contribution < 1.29 is 14.3 Å². The number of nitrogens with zero attached hydrogens (tertiary/aromatic N) is 2. The number of aryl methyl sites for hydroxylation is 1. The smallest absolute Gasteiger partial charge is 0.254 e. The molecule has 0 saturated carbocycles. The minimum atomic E-state index is -0.233. The Balaban J connectivity index is 2.01. The van der Waals surface area contributed by atoms with Crippen LogP contribution in [0.5, 0.6) is 5.75 Å². The van der Waals surface area contributed by atoms with Gasteiger partial charge in [-0.05, 0) is 44.0 Å².